The molecule has 0 bridgehead atoms. The number of pyridine rings is 8. The Morgan fingerprint density at radius 2 is 0.443 bits per heavy atom. The van der Waals surface area contributed by atoms with E-state index in [1.54, 1.807) is 24.8 Å². The molecule has 3 aliphatic carbocycles. The molecular formula is C128H106Ir4N8-8. The van der Waals surface area contributed by atoms with Crippen molar-refractivity contribution in [1.29, 1.82) is 0 Å². The molecule has 1 fully saturated rings. The van der Waals surface area contributed by atoms with Crippen LogP contribution in [0.25, 0.3) is 135 Å². The summed E-state index contributed by atoms with van der Waals surface area (Å²) in [5.41, 5.74) is 37.7. The first kappa shape index (κ1) is 105. The molecule has 23 rings (SSSR count). The van der Waals surface area contributed by atoms with Gasteiger partial charge in [0.05, 0.1) is 0 Å². The number of aromatic nitrogens is 8. The molecule has 0 spiro atoms. The minimum Gasteiger partial charge on any atom is -0.305 e. The first-order valence-electron chi connectivity index (χ1n) is 46.9. The van der Waals surface area contributed by atoms with E-state index >= 15 is 0 Å². The zero-order valence-electron chi connectivity index (χ0n) is 78.5. The van der Waals surface area contributed by atoms with Crippen molar-refractivity contribution in [3.63, 3.8) is 0 Å². The predicted molar refractivity (Wildman–Crippen MR) is 559 cm³/mol. The zero-order chi connectivity index (χ0) is 92.8. The molecule has 8 nitrogen and oxygen atoms in total. The van der Waals surface area contributed by atoms with E-state index in [0.29, 0.717) is 0 Å². The molecule has 12 heteroatoms. The van der Waals surface area contributed by atoms with Gasteiger partial charge >= 0.3 is 0 Å². The van der Waals surface area contributed by atoms with Gasteiger partial charge in [0.15, 0.2) is 0 Å². The maximum absolute atomic E-state index is 4.49. The number of benzene rings is 12. The van der Waals surface area contributed by atoms with Crippen molar-refractivity contribution in [3.05, 3.63) is 531 Å². The van der Waals surface area contributed by atoms with Gasteiger partial charge in [-0.25, -0.2) is 0 Å². The van der Waals surface area contributed by atoms with E-state index < -0.39 is 0 Å². The third-order valence-corrected chi connectivity index (χ3v) is 24.3. The van der Waals surface area contributed by atoms with Gasteiger partial charge < -0.3 is 39.9 Å². The second-order valence-corrected chi connectivity index (χ2v) is 33.5. The SMILES string of the molecule is Cc1cc(-c2ccnc(-c3[c-]cccc3)c2)cc(C)c1C.[Ir].[Ir].[Ir].[Ir].[c-]1ccccc1-c1cc(-c2ccc(C3CCCCC3)cc2)ccn1.[c-]1ccccc1-c1cc(-c2ccc3c(c2)CCC3)ccn1.[c-]1ccccc1-c1cc(-c2ccc3c(c2)CCCC3)ccn1.[c-]1ccccc1-c1ccccn1.[c-]1ccccc1-c1ccccn1.[c-]1ccccc1-c1ccccn1.[c-]1ccccc1-c1ccccn1. The van der Waals surface area contributed by atoms with Crippen LogP contribution in [-0.2, 0) is 106 Å². The van der Waals surface area contributed by atoms with Crippen LogP contribution in [0, 0.1) is 69.3 Å². The van der Waals surface area contributed by atoms with Gasteiger partial charge in [0, 0.05) is 130 Å². The molecule has 702 valence electrons. The first-order chi connectivity index (χ1) is 67.2. The second kappa shape index (κ2) is 56.5. The molecule has 0 amide bonds. The summed E-state index contributed by atoms with van der Waals surface area (Å²) in [5.74, 6) is 0.764. The number of nitrogens with zero attached hydrogens (tertiary/aromatic N) is 8. The van der Waals surface area contributed by atoms with E-state index in [1.807, 2.05) is 274 Å². The number of hydrogen-bond acceptors (Lipinski definition) is 8. The third kappa shape index (κ3) is 31.0. The van der Waals surface area contributed by atoms with Crippen molar-refractivity contribution in [2.45, 2.75) is 104 Å². The summed E-state index contributed by atoms with van der Waals surface area (Å²) < 4.78 is 0. The minimum absolute atomic E-state index is 0. The maximum Gasteiger partial charge on any atom is 0.0166 e. The predicted octanol–water partition coefficient (Wildman–Crippen LogP) is 31.4. The molecule has 3 aliphatic rings. The number of hydrogen-bond donors (Lipinski definition) is 0. The molecule has 12 aromatic carbocycles. The molecule has 0 N–H and O–H groups in total. The van der Waals surface area contributed by atoms with Gasteiger partial charge in [0.25, 0.3) is 0 Å². The Balaban J connectivity index is 0.000000145. The quantitative estimate of drug-likeness (QED) is 0.105. The van der Waals surface area contributed by atoms with E-state index in [9.17, 15) is 0 Å². The monoisotopic (exact) mass is 2530 g/mol. The summed E-state index contributed by atoms with van der Waals surface area (Å²) in [5, 5.41) is 0. The van der Waals surface area contributed by atoms with E-state index in [0.717, 1.165) is 96.0 Å². The number of aryl methyl sites for hydroxylation is 6. The van der Waals surface area contributed by atoms with Crippen LogP contribution in [0.2, 0.25) is 0 Å². The van der Waals surface area contributed by atoms with Crippen molar-refractivity contribution in [2.24, 2.45) is 0 Å². The summed E-state index contributed by atoms with van der Waals surface area (Å²) in [6.45, 7) is 6.50. The van der Waals surface area contributed by atoms with Crippen LogP contribution in [0.4, 0.5) is 0 Å². The molecule has 8 heterocycles. The van der Waals surface area contributed by atoms with E-state index in [-0.39, 0.29) is 80.4 Å². The average Bonchev–Trinajstić information content (AvgIpc) is 1.04. The Hall–Kier alpha value is -13.6. The minimum atomic E-state index is 0. The third-order valence-electron chi connectivity index (χ3n) is 24.3. The van der Waals surface area contributed by atoms with Crippen molar-refractivity contribution in [1.82, 2.24) is 39.9 Å². The van der Waals surface area contributed by atoms with Crippen LogP contribution in [0.1, 0.15) is 102 Å². The molecule has 1 saturated carbocycles. The fourth-order valence-electron chi connectivity index (χ4n) is 16.8. The molecular weight excluding hydrogens is 2420 g/mol. The Labute approximate surface area is 881 Å². The van der Waals surface area contributed by atoms with Crippen LogP contribution < -0.4 is 0 Å². The Morgan fingerprint density at radius 3 is 0.736 bits per heavy atom. The van der Waals surface area contributed by atoms with Crippen molar-refractivity contribution in [2.75, 3.05) is 0 Å². The largest absolute Gasteiger partial charge is 0.305 e. The molecule has 8 aromatic heterocycles. The summed E-state index contributed by atoms with van der Waals surface area (Å²) in [4.78, 5) is 34.8. The van der Waals surface area contributed by atoms with Gasteiger partial charge in [0.2, 0.25) is 0 Å². The smallest absolute Gasteiger partial charge is 0.0166 e. The molecule has 20 aromatic rings. The summed E-state index contributed by atoms with van der Waals surface area (Å²) in [7, 11) is 0. The normalized spacial score (nSPS) is 11.7. The second-order valence-electron chi connectivity index (χ2n) is 33.5. The molecule has 4 radical (unpaired) electrons. The topological polar surface area (TPSA) is 103 Å². The standard InChI is InChI=1S/C23H22N.C21H18N.C20H16N.C20H18N.4C11H8N.4Ir/c1-3-7-18(8-4-1)19-11-13-20(14-12-19)22-15-16-24-23(17-22)21-9-5-2-6-10-21;1-2-7-17(8-3-1)21-15-20(12-13-22-21)19-11-10-16-6-4-5-9-18(16)14-19;1-2-5-16(6-3-1)20-14-19(11-12-21-20)18-10-9-15-7-4-8-17(15)13-18;1-14-11-19(12-15(2)16(14)3)18-9-10-21-20(13-18)17-7-5-4-6-8-17;4*1-2-6-10(7-3-1)11-8-4-5-9-12-11;;;;/h2,5-6,9,11-18H,1,3-4,7-8H2;1-3,7,10-15H,4-6,9H2;1-3,5,9-14H,4,7-8H2;4-7,9-13H,1-3H3;4*1-6,8-9H;;;;/q8*-1;;;;. The number of rotatable bonds is 13. The summed E-state index contributed by atoms with van der Waals surface area (Å²) >= 11 is 0. The van der Waals surface area contributed by atoms with Crippen molar-refractivity contribution < 1.29 is 80.4 Å². The molecule has 0 saturated heterocycles. The summed E-state index contributed by atoms with van der Waals surface area (Å²) in [6, 6.07) is 157. The Kier molecular flexibility index (Phi) is 42.5. The van der Waals surface area contributed by atoms with Crippen LogP contribution in [0.3, 0.4) is 0 Å². The fourth-order valence-corrected chi connectivity index (χ4v) is 16.8. The number of fused-ring (bicyclic) bond motifs is 2. The van der Waals surface area contributed by atoms with Gasteiger partial charge in [-0.3, -0.25) is 0 Å². The summed E-state index contributed by atoms with van der Waals surface area (Å²) in [6.07, 6.45) is 30.4. The van der Waals surface area contributed by atoms with Gasteiger partial charge in [-0.2, -0.15) is 0 Å². The Morgan fingerprint density at radius 1 is 0.193 bits per heavy atom. The van der Waals surface area contributed by atoms with E-state index in [2.05, 4.69) is 249 Å². The van der Waals surface area contributed by atoms with Crippen molar-refractivity contribution in [3.8, 4) is 135 Å². The zero-order valence-corrected chi connectivity index (χ0v) is 88.1. The molecule has 140 heavy (non-hydrogen) atoms. The van der Waals surface area contributed by atoms with Crippen LogP contribution in [0.5, 0.6) is 0 Å². The molecule has 0 unspecified atom stereocenters. The van der Waals surface area contributed by atoms with Crippen LogP contribution in [0.15, 0.2) is 438 Å². The van der Waals surface area contributed by atoms with Gasteiger partial charge in [-0.15, -0.1) is 287 Å². The van der Waals surface area contributed by atoms with Crippen LogP contribution in [-0.4, -0.2) is 39.9 Å². The Bertz CT molecular complexity index is 6540. The van der Waals surface area contributed by atoms with Crippen molar-refractivity contribution >= 4 is 0 Å². The first-order valence-corrected chi connectivity index (χ1v) is 46.9. The molecule has 0 atom stereocenters. The molecule has 0 aliphatic heterocycles. The average molecular weight is 2530 g/mol. The maximum atomic E-state index is 4.49. The fraction of sp³-hybridized carbons (Fsp3) is 0.125. The van der Waals surface area contributed by atoms with Gasteiger partial charge in [-0.1, -0.05) is 165 Å². The van der Waals surface area contributed by atoms with Gasteiger partial charge in [-0.05, 0) is 268 Å². The van der Waals surface area contributed by atoms with E-state index in [4.69, 9.17) is 0 Å². The van der Waals surface area contributed by atoms with E-state index in [1.165, 1.54) is 166 Å². The van der Waals surface area contributed by atoms with Gasteiger partial charge in [0.1, 0.15) is 0 Å². The van der Waals surface area contributed by atoms with Crippen LogP contribution >= 0.6 is 0 Å².